The lowest BCUT2D eigenvalue weighted by Crippen LogP contribution is -2.12. The predicted molar refractivity (Wildman–Crippen MR) is 91.7 cm³/mol. The summed E-state index contributed by atoms with van der Waals surface area (Å²) in [5, 5.41) is 12.9. The molecule has 5 nitrogen and oxygen atoms in total. The van der Waals surface area contributed by atoms with Gasteiger partial charge in [0.05, 0.1) is 30.8 Å². The maximum atomic E-state index is 9.44. The molecule has 1 heterocycles. The number of anilines is 1. The number of nitrogens with one attached hydrogen (secondary N) is 1. The zero-order valence-corrected chi connectivity index (χ0v) is 13.6. The number of para-hydroxylation sites is 2. The number of aliphatic hydroxyl groups excluding tert-OH is 1. The van der Waals surface area contributed by atoms with Crippen LogP contribution in [0, 0.1) is 0 Å². The molecule has 1 atom stereocenters. The molecular weight excluding hydrogens is 290 g/mol. The van der Waals surface area contributed by atoms with Gasteiger partial charge in [-0.2, -0.15) is 0 Å². The fourth-order valence-electron chi connectivity index (χ4n) is 2.86. The molecule has 5 heteroatoms. The first-order chi connectivity index (χ1) is 11.1. The van der Waals surface area contributed by atoms with Crippen molar-refractivity contribution >= 4 is 16.7 Å². The number of benzene rings is 2. The average Bonchev–Trinajstić information content (AvgIpc) is 2.92. The Hall–Kier alpha value is -2.53. The molecule has 0 saturated heterocycles. The van der Waals surface area contributed by atoms with E-state index in [9.17, 15) is 5.11 Å². The first-order valence-electron chi connectivity index (χ1n) is 7.59. The number of fused-ring (bicyclic) bond motifs is 1. The van der Waals surface area contributed by atoms with Crippen LogP contribution in [0.15, 0.2) is 42.5 Å². The van der Waals surface area contributed by atoms with Gasteiger partial charge in [-0.25, -0.2) is 4.98 Å². The number of hydrogen-bond donors (Lipinski definition) is 2. The molecule has 2 N–H and O–H groups in total. The van der Waals surface area contributed by atoms with Crippen molar-refractivity contribution < 1.29 is 9.84 Å². The Balaban J connectivity index is 1.88. The second-order valence-electron chi connectivity index (χ2n) is 5.57. The van der Waals surface area contributed by atoms with Crippen molar-refractivity contribution in [3.63, 3.8) is 0 Å². The van der Waals surface area contributed by atoms with Gasteiger partial charge in [0.1, 0.15) is 11.6 Å². The Morgan fingerprint density at radius 3 is 2.74 bits per heavy atom. The van der Waals surface area contributed by atoms with Gasteiger partial charge in [-0.15, -0.1) is 0 Å². The van der Waals surface area contributed by atoms with E-state index in [4.69, 9.17) is 9.72 Å². The first kappa shape index (κ1) is 15.4. The summed E-state index contributed by atoms with van der Waals surface area (Å²) >= 11 is 0. The smallest absolute Gasteiger partial charge is 0.131 e. The molecule has 0 fully saturated rings. The van der Waals surface area contributed by atoms with Crippen LogP contribution in [0.3, 0.4) is 0 Å². The molecule has 3 aromatic rings. The zero-order chi connectivity index (χ0) is 16.4. The number of aromatic nitrogens is 2. The van der Waals surface area contributed by atoms with Gasteiger partial charge < -0.3 is 19.7 Å². The zero-order valence-electron chi connectivity index (χ0n) is 13.6. The molecule has 120 valence electrons. The molecule has 1 unspecified atom stereocenters. The van der Waals surface area contributed by atoms with Crippen LogP contribution in [0.4, 0.5) is 5.69 Å². The standard InChI is InChI=1S/C18H21N3O2/c1-12(18-20-15-6-4-5-7-16(15)21(18)2)19-14-8-9-17(23-3)13(10-14)11-22/h4-10,12,19,22H,11H2,1-3H3. The van der Waals surface area contributed by atoms with Crippen molar-refractivity contribution in [3.8, 4) is 5.75 Å². The fraction of sp³-hybridized carbons (Fsp3) is 0.278. The summed E-state index contributed by atoms with van der Waals surface area (Å²) in [6, 6.07) is 13.8. The number of hydrogen-bond acceptors (Lipinski definition) is 4. The van der Waals surface area contributed by atoms with Gasteiger partial charge in [0.25, 0.3) is 0 Å². The number of nitrogens with zero attached hydrogens (tertiary/aromatic N) is 2. The fourth-order valence-corrected chi connectivity index (χ4v) is 2.86. The van der Waals surface area contributed by atoms with Crippen molar-refractivity contribution in [2.45, 2.75) is 19.6 Å². The summed E-state index contributed by atoms with van der Waals surface area (Å²) in [4.78, 5) is 4.71. The molecule has 3 rings (SSSR count). The minimum Gasteiger partial charge on any atom is -0.496 e. The monoisotopic (exact) mass is 311 g/mol. The lowest BCUT2D eigenvalue weighted by atomic mass is 10.1. The maximum absolute atomic E-state index is 9.44. The molecule has 0 bridgehead atoms. The van der Waals surface area contributed by atoms with Crippen molar-refractivity contribution in [3.05, 3.63) is 53.9 Å². The topological polar surface area (TPSA) is 59.3 Å². The van der Waals surface area contributed by atoms with Crippen molar-refractivity contribution in [1.29, 1.82) is 0 Å². The van der Waals surface area contributed by atoms with Gasteiger partial charge in [0.15, 0.2) is 0 Å². The number of methoxy groups -OCH3 is 1. The number of aryl methyl sites for hydroxylation is 1. The molecule has 1 aromatic heterocycles. The van der Waals surface area contributed by atoms with E-state index in [1.165, 1.54) is 0 Å². The Morgan fingerprint density at radius 1 is 1.26 bits per heavy atom. The summed E-state index contributed by atoms with van der Waals surface area (Å²) in [5.41, 5.74) is 3.79. The Morgan fingerprint density at radius 2 is 2.04 bits per heavy atom. The van der Waals surface area contributed by atoms with Crippen LogP contribution in [0.5, 0.6) is 5.75 Å². The average molecular weight is 311 g/mol. The summed E-state index contributed by atoms with van der Waals surface area (Å²) in [5.74, 6) is 1.65. The highest BCUT2D eigenvalue weighted by Crippen LogP contribution is 2.26. The third kappa shape index (κ3) is 2.87. The number of rotatable bonds is 5. The van der Waals surface area contributed by atoms with Crippen molar-refractivity contribution in [1.82, 2.24) is 9.55 Å². The van der Waals surface area contributed by atoms with E-state index in [0.717, 1.165) is 28.1 Å². The second kappa shape index (κ2) is 6.30. The quantitative estimate of drug-likeness (QED) is 0.759. The van der Waals surface area contributed by atoms with Crippen LogP contribution >= 0.6 is 0 Å². The third-order valence-corrected chi connectivity index (χ3v) is 4.04. The molecule has 0 aliphatic rings. The van der Waals surface area contributed by atoms with Crippen LogP contribution in [-0.2, 0) is 13.7 Å². The largest absolute Gasteiger partial charge is 0.496 e. The number of ether oxygens (including phenoxy) is 1. The van der Waals surface area contributed by atoms with Gasteiger partial charge in [0.2, 0.25) is 0 Å². The van der Waals surface area contributed by atoms with E-state index in [1.54, 1.807) is 7.11 Å². The summed E-state index contributed by atoms with van der Waals surface area (Å²) in [6.07, 6.45) is 0. The van der Waals surface area contributed by atoms with E-state index in [-0.39, 0.29) is 12.6 Å². The lowest BCUT2D eigenvalue weighted by Gasteiger charge is -2.17. The predicted octanol–water partition coefficient (Wildman–Crippen LogP) is 3.25. The van der Waals surface area contributed by atoms with Gasteiger partial charge in [-0.1, -0.05) is 12.1 Å². The third-order valence-electron chi connectivity index (χ3n) is 4.04. The number of imidazole rings is 1. The lowest BCUT2D eigenvalue weighted by molar-refractivity contribution is 0.274. The highest BCUT2D eigenvalue weighted by Gasteiger charge is 2.14. The van der Waals surface area contributed by atoms with Gasteiger partial charge in [-0.05, 0) is 37.3 Å². The molecule has 0 amide bonds. The molecule has 2 aromatic carbocycles. The summed E-state index contributed by atoms with van der Waals surface area (Å²) in [7, 11) is 3.62. The van der Waals surface area contributed by atoms with Gasteiger partial charge in [-0.3, -0.25) is 0 Å². The van der Waals surface area contributed by atoms with Crippen molar-refractivity contribution in [2.75, 3.05) is 12.4 Å². The SMILES string of the molecule is COc1ccc(NC(C)c2nc3ccccc3n2C)cc1CO. The molecule has 0 aliphatic heterocycles. The minimum atomic E-state index is -0.0562. The summed E-state index contributed by atoms with van der Waals surface area (Å²) in [6.45, 7) is 2.02. The van der Waals surface area contributed by atoms with E-state index >= 15 is 0 Å². The molecule has 0 saturated carbocycles. The van der Waals surface area contributed by atoms with E-state index < -0.39 is 0 Å². The Labute approximate surface area is 135 Å². The highest BCUT2D eigenvalue weighted by molar-refractivity contribution is 5.76. The van der Waals surface area contributed by atoms with Gasteiger partial charge in [0, 0.05) is 18.3 Å². The highest BCUT2D eigenvalue weighted by atomic mass is 16.5. The van der Waals surface area contributed by atoms with Crippen LogP contribution < -0.4 is 10.1 Å². The van der Waals surface area contributed by atoms with E-state index in [0.29, 0.717) is 5.75 Å². The Kier molecular flexibility index (Phi) is 4.21. The molecule has 0 aliphatic carbocycles. The Bertz CT molecular complexity index is 826. The molecule has 0 radical (unpaired) electrons. The summed E-state index contributed by atoms with van der Waals surface area (Å²) < 4.78 is 7.34. The van der Waals surface area contributed by atoms with Crippen LogP contribution in [0.1, 0.15) is 24.4 Å². The van der Waals surface area contributed by atoms with Gasteiger partial charge >= 0.3 is 0 Å². The van der Waals surface area contributed by atoms with E-state index in [1.807, 2.05) is 43.4 Å². The van der Waals surface area contributed by atoms with Crippen LogP contribution in [0.25, 0.3) is 11.0 Å². The molecular formula is C18H21N3O2. The van der Waals surface area contributed by atoms with Crippen molar-refractivity contribution in [2.24, 2.45) is 7.05 Å². The molecule has 23 heavy (non-hydrogen) atoms. The van der Waals surface area contributed by atoms with E-state index in [2.05, 4.69) is 22.9 Å². The van der Waals surface area contributed by atoms with Crippen LogP contribution in [0.2, 0.25) is 0 Å². The maximum Gasteiger partial charge on any atom is 0.131 e. The molecule has 0 spiro atoms. The first-order valence-corrected chi connectivity index (χ1v) is 7.59. The normalized spacial score (nSPS) is 12.3. The van der Waals surface area contributed by atoms with Crippen LogP contribution in [-0.4, -0.2) is 21.8 Å². The minimum absolute atomic E-state index is 0.0346. The number of aliphatic hydroxyl groups is 1. The second-order valence-corrected chi connectivity index (χ2v) is 5.57.